The van der Waals surface area contributed by atoms with Crippen LogP contribution in [0.2, 0.25) is 0 Å². The van der Waals surface area contributed by atoms with Gasteiger partial charge in [0, 0.05) is 11.6 Å². The van der Waals surface area contributed by atoms with Crippen LogP contribution in [-0.4, -0.2) is 33.6 Å². The molecule has 2 unspecified atom stereocenters. The molecule has 0 radical (unpaired) electrons. The van der Waals surface area contributed by atoms with Crippen molar-refractivity contribution < 1.29 is 23.1 Å². The fourth-order valence-electron chi connectivity index (χ4n) is 2.94. The molecule has 7 heteroatoms. The van der Waals surface area contributed by atoms with Crippen molar-refractivity contribution in [1.82, 2.24) is 5.01 Å². The molecule has 4 nitrogen and oxygen atoms in total. The van der Waals surface area contributed by atoms with Crippen LogP contribution in [0.15, 0.2) is 5.10 Å². The van der Waals surface area contributed by atoms with Crippen molar-refractivity contribution in [1.29, 1.82) is 0 Å². The van der Waals surface area contributed by atoms with Crippen LogP contribution < -0.4 is 0 Å². The number of alkyl halides is 3. The maximum absolute atomic E-state index is 13.3. The highest BCUT2D eigenvalue weighted by Gasteiger charge is 2.69. The number of nitrogens with zero attached hydrogens (tertiary/aromatic N) is 2. The van der Waals surface area contributed by atoms with Crippen molar-refractivity contribution in [2.75, 3.05) is 0 Å². The van der Waals surface area contributed by atoms with Gasteiger partial charge in [-0.05, 0) is 32.1 Å². The van der Waals surface area contributed by atoms with Gasteiger partial charge in [0.25, 0.3) is 5.72 Å². The number of hydrazone groups is 1. The molecular formula is C12H15F3N2O2. The van der Waals surface area contributed by atoms with Crippen LogP contribution in [0.1, 0.15) is 38.5 Å². The summed E-state index contributed by atoms with van der Waals surface area (Å²) in [4.78, 5) is 12.0. The van der Waals surface area contributed by atoms with Crippen LogP contribution in [0.3, 0.4) is 0 Å². The van der Waals surface area contributed by atoms with Crippen molar-refractivity contribution in [3.05, 3.63) is 0 Å². The van der Waals surface area contributed by atoms with Crippen molar-refractivity contribution in [3.63, 3.8) is 0 Å². The normalized spacial score (nSPS) is 35.1. The standard InChI is InChI=1S/C12H15F3N2O2/c13-12(14,15)11(19)8-3-1-2-4-9(8)16-17(11)10(18)7-5-6-7/h7-8,19H,1-6H2. The van der Waals surface area contributed by atoms with Gasteiger partial charge in [-0.3, -0.25) is 4.79 Å². The summed E-state index contributed by atoms with van der Waals surface area (Å²) in [6.07, 6.45) is -1.69. The average Bonchev–Trinajstić information content (AvgIpc) is 3.13. The monoisotopic (exact) mass is 276 g/mol. The molecular weight excluding hydrogens is 261 g/mol. The Kier molecular flexibility index (Phi) is 2.68. The van der Waals surface area contributed by atoms with Crippen molar-refractivity contribution in [2.45, 2.75) is 50.4 Å². The molecule has 0 aromatic carbocycles. The number of halogens is 3. The molecule has 2 saturated carbocycles. The second-order valence-corrected chi connectivity index (χ2v) is 5.54. The Hall–Kier alpha value is -1.11. The number of hydrogen-bond donors (Lipinski definition) is 1. The van der Waals surface area contributed by atoms with Crippen molar-refractivity contribution >= 4 is 11.6 Å². The second-order valence-electron chi connectivity index (χ2n) is 5.54. The average molecular weight is 276 g/mol. The summed E-state index contributed by atoms with van der Waals surface area (Å²) in [5.74, 6) is -2.19. The van der Waals surface area contributed by atoms with Gasteiger partial charge >= 0.3 is 6.18 Å². The number of carbonyl (C=O) groups is 1. The Bertz CT molecular complexity index is 445. The van der Waals surface area contributed by atoms with Gasteiger partial charge in [0.15, 0.2) is 0 Å². The largest absolute Gasteiger partial charge is 0.439 e. The van der Waals surface area contributed by atoms with E-state index in [4.69, 9.17) is 0 Å². The molecule has 19 heavy (non-hydrogen) atoms. The predicted octanol–water partition coefficient (Wildman–Crippen LogP) is 2.04. The van der Waals surface area contributed by atoms with E-state index in [9.17, 15) is 23.1 Å². The Balaban J connectivity index is 1.99. The highest BCUT2D eigenvalue weighted by molar-refractivity contribution is 5.94. The Morgan fingerprint density at radius 2 is 2.00 bits per heavy atom. The fourth-order valence-corrected chi connectivity index (χ4v) is 2.94. The molecule has 3 aliphatic rings. The lowest BCUT2D eigenvalue weighted by atomic mass is 9.80. The van der Waals surface area contributed by atoms with E-state index in [0.717, 1.165) is 6.42 Å². The molecule has 1 amide bonds. The summed E-state index contributed by atoms with van der Waals surface area (Å²) in [5, 5.41) is 14.3. The predicted molar refractivity (Wildman–Crippen MR) is 60.0 cm³/mol. The molecule has 1 aliphatic heterocycles. The molecule has 2 atom stereocenters. The van der Waals surface area contributed by atoms with Gasteiger partial charge in [-0.1, -0.05) is 6.42 Å². The van der Waals surface area contributed by atoms with E-state index < -0.39 is 29.6 Å². The van der Waals surface area contributed by atoms with E-state index in [1.807, 2.05) is 0 Å². The van der Waals surface area contributed by atoms with Gasteiger partial charge in [0.05, 0.1) is 5.92 Å². The lowest BCUT2D eigenvalue weighted by Gasteiger charge is -2.38. The molecule has 1 heterocycles. The topological polar surface area (TPSA) is 52.9 Å². The van der Waals surface area contributed by atoms with Crippen LogP contribution in [0.4, 0.5) is 13.2 Å². The molecule has 1 N–H and O–H groups in total. The van der Waals surface area contributed by atoms with Gasteiger partial charge in [-0.25, -0.2) is 0 Å². The summed E-state index contributed by atoms with van der Waals surface area (Å²) >= 11 is 0. The van der Waals surface area contributed by atoms with Gasteiger partial charge in [0.1, 0.15) is 0 Å². The van der Waals surface area contributed by atoms with Gasteiger partial charge < -0.3 is 5.11 Å². The van der Waals surface area contributed by atoms with Crippen molar-refractivity contribution in [2.24, 2.45) is 16.9 Å². The third kappa shape index (κ3) is 1.78. The third-order valence-electron chi connectivity index (χ3n) is 4.17. The third-order valence-corrected chi connectivity index (χ3v) is 4.17. The lowest BCUT2D eigenvalue weighted by Crippen LogP contribution is -2.61. The summed E-state index contributed by atoms with van der Waals surface area (Å²) in [5.41, 5.74) is -2.82. The summed E-state index contributed by atoms with van der Waals surface area (Å²) < 4.78 is 39.9. The Labute approximate surface area is 108 Å². The number of amides is 1. The summed E-state index contributed by atoms with van der Waals surface area (Å²) in [6.45, 7) is 0. The van der Waals surface area contributed by atoms with Crippen LogP contribution in [0, 0.1) is 11.8 Å². The molecule has 0 aromatic heterocycles. The lowest BCUT2D eigenvalue weighted by molar-refractivity contribution is -0.317. The zero-order chi connectivity index (χ0) is 13.8. The number of hydrogen-bond acceptors (Lipinski definition) is 3. The minimum absolute atomic E-state index is 0.225. The summed E-state index contributed by atoms with van der Waals surface area (Å²) in [6, 6.07) is 0. The first-order valence-electron chi connectivity index (χ1n) is 6.56. The van der Waals surface area contributed by atoms with Crippen LogP contribution in [0.5, 0.6) is 0 Å². The first-order chi connectivity index (χ1) is 8.85. The van der Waals surface area contributed by atoms with E-state index in [2.05, 4.69) is 5.10 Å². The molecule has 0 saturated heterocycles. The molecule has 2 aliphatic carbocycles. The molecule has 0 aromatic rings. The highest BCUT2D eigenvalue weighted by atomic mass is 19.4. The molecule has 0 bridgehead atoms. The quantitative estimate of drug-likeness (QED) is 0.796. The van der Waals surface area contributed by atoms with E-state index in [1.165, 1.54) is 0 Å². The maximum atomic E-state index is 13.3. The SMILES string of the molecule is O=C(C1CC1)N1N=C2CCCCC2C1(O)C(F)(F)F. The van der Waals surface area contributed by atoms with E-state index >= 15 is 0 Å². The smallest absolute Gasteiger partial charge is 0.362 e. The second kappa shape index (κ2) is 3.94. The zero-order valence-corrected chi connectivity index (χ0v) is 10.3. The molecule has 2 fully saturated rings. The first kappa shape index (κ1) is 12.9. The van der Waals surface area contributed by atoms with Gasteiger partial charge in [0.2, 0.25) is 5.91 Å². The zero-order valence-electron chi connectivity index (χ0n) is 10.3. The Morgan fingerprint density at radius 1 is 1.32 bits per heavy atom. The Morgan fingerprint density at radius 3 is 2.58 bits per heavy atom. The summed E-state index contributed by atoms with van der Waals surface area (Å²) in [7, 11) is 0. The number of aliphatic hydroxyl groups is 1. The van der Waals surface area contributed by atoms with Gasteiger partial charge in [-0.2, -0.15) is 23.3 Å². The van der Waals surface area contributed by atoms with Crippen LogP contribution in [-0.2, 0) is 4.79 Å². The number of rotatable bonds is 1. The minimum Gasteiger partial charge on any atom is -0.362 e. The first-order valence-corrected chi connectivity index (χ1v) is 6.56. The van der Waals surface area contributed by atoms with E-state index in [0.29, 0.717) is 36.4 Å². The van der Waals surface area contributed by atoms with Crippen molar-refractivity contribution in [3.8, 4) is 0 Å². The van der Waals surface area contributed by atoms with Gasteiger partial charge in [-0.15, -0.1) is 0 Å². The molecule has 3 rings (SSSR count). The maximum Gasteiger partial charge on any atom is 0.439 e. The van der Waals surface area contributed by atoms with E-state index in [-0.39, 0.29) is 6.42 Å². The van der Waals surface area contributed by atoms with Crippen LogP contribution in [0.25, 0.3) is 0 Å². The minimum atomic E-state index is -4.88. The highest BCUT2D eigenvalue weighted by Crippen LogP contribution is 2.49. The number of carbonyl (C=O) groups excluding carboxylic acids is 1. The fraction of sp³-hybridized carbons (Fsp3) is 0.833. The van der Waals surface area contributed by atoms with E-state index in [1.54, 1.807) is 0 Å². The molecule has 0 spiro atoms. The molecule has 106 valence electrons. The van der Waals surface area contributed by atoms with Crippen LogP contribution >= 0.6 is 0 Å². The number of fused-ring (bicyclic) bond motifs is 1.